The van der Waals surface area contributed by atoms with E-state index in [1.807, 2.05) is 31.2 Å². The molecule has 26 heavy (non-hydrogen) atoms. The van der Waals surface area contributed by atoms with E-state index in [-0.39, 0.29) is 11.9 Å². The van der Waals surface area contributed by atoms with E-state index < -0.39 is 0 Å². The first kappa shape index (κ1) is 20.6. The second kappa shape index (κ2) is 11.1. The van der Waals surface area contributed by atoms with Crippen LogP contribution in [0.2, 0.25) is 0 Å². The van der Waals surface area contributed by atoms with Gasteiger partial charge in [-0.2, -0.15) is 0 Å². The van der Waals surface area contributed by atoms with Crippen molar-refractivity contribution in [3.8, 4) is 11.5 Å². The molecule has 5 heteroatoms. The number of likely N-dealkylation sites (tertiary alicyclic amines) is 1. The lowest BCUT2D eigenvalue weighted by Gasteiger charge is -2.32. The van der Waals surface area contributed by atoms with E-state index in [9.17, 15) is 4.79 Å². The van der Waals surface area contributed by atoms with Crippen LogP contribution in [-0.4, -0.2) is 49.7 Å². The second-order valence-electron chi connectivity index (χ2n) is 7.31. The molecule has 1 aromatic carbocycles. The molecule has 5 nitrogen and oxygen atoms in total. The molecule has 0 aromatic heterocycles. The molecule has 1 aliphatic rings. The highest BCUT2D eigenvalue weighted by Gasteiger charge is 2.18. The van der Waals surface area contributed by atoms with Gasteiger partial charge < -0.3 is 19.7 Å². The first-order valence-electron chi connectivity index (χ1n) is 9.94. The number of rotatable bonds is 10. The summed E-state index contributed by atoms with van der Waals surface area (Å²) in [5, 5.41) is 3.11. The molecule has 1 aromatic rings. The molecule has 1 aliphatic heterocycles. The molecule has 2 rings (SSSR count). The largest absolute Gasteiger partial charge is 0.490 e. The molecule has 0 bridgehead atoms. The van der Waals surface area contributed by atoms with Crippen molar-refractivity contribution in [1.29, 1.82) is 0 Å². The zero-order chi connectivity index (χ0) is 18.8. The summed E-state index contributed by atoms with van der Waals surface area (Å²) >= 11 is 0. The van der Waals surface area contributed by atoms with Gasteiger partial charge in [-0.05, 0) is 57.7 Å². The zero-order valence-corrected chi connectivity index (χ0v) is 16.5. The highest BCUT2D eigenvalue weighted by atomic mass is 16.5. The van der Waals surface area contributed by atoms with E-state index in [4.69, 9.17) is 9.47 Å². The van der Waals surface area contributed by atoms with Crippen LogP contribution in [0.4, 0.5) is 0 Å². The number of carbonyl (C=O) groups is 1. The Bertz CT molecular complexity index is 550. The van der Waals surface area contributed by atoms with Crippen molar-refractivity contribution in [1.82, 2.24) is 10.2 Å². The van der Waals surface area contributed by atoms with Crippen molar-refractivity contribution < 1.29 is 14.3 Å². The number of benzene rings is 1. The van der Waals surface area contributed by atoms with Gasteiger partial charge in [-0.1, -0.05) is 19.1 Å². The average Bonchev–Trinajstić information content (AvgIpc) is 2.60. The first-order valence-corrected chi connectivity index (χ1v) is 9.94. The van der Waals surface area contributed by atoms with Crippen LogP contribution in [0.15, 0.2) is 24.3 Å². The first-order chi connectivity index (χ1) is 12.6. The minimum Gasteiger partial charge on any atom is -0.490 e. The van der Waals surface area contributed by atoms with Crippen LogP contribution in [0.1, 0.15) is 46.5 Å². The number of ether oxygens (including phenoxy) is 2. The molecular formula is C21H34N2O3. The Kier molecular flexibility index (Phi) is 8.75. The van der Waals surface area contributed by atoms with Crippen LogP contribution in [0, 0.1) is 5.92 Å². The lowest BCUT2D eigenvalue weighted by Crippen LogP contribution is -2.45. The molecular weight excluding hydrogens is 328 g/mol. The van der Waals surface area contributed by atoms with Gasteiger partial charge in [-0.25, -0.2) is 0 Å². The van der Waals surface area contributed by atoms with Crippen molar-refractivity contribution in [2.75, 3.05) is 32.8 Å². The minimum absolute atomic E-state index is 0.101. The number of amides is 1. The maximum Gasteiger partial charge on any atom is 0.220 e. The van der Waals surface area contributed by atoms with E-state index in [0.29, 0.717) is 26.1 Å². The number of piperidine rings is 1. The summed E-state index contributed by atoms with van der Waals surface area (Å²) in [6.45, 7) is 10.7. The highest BCUT2D eigenvalue weighted by molar-refractivity contribution is 5.76. The fourth-order valence-corrected chi connectivity index (χ4v) is 3.49. The van der Waals surface area contributed by atoms with Crippen LogP contribution >= 0.6 is 0 Å². The Labute approximate surface area is 158 Å². The van der Waals surface area contributed by atoms with Crippen molar-refractivity contribution in [3.05, 3.63) is 24.3 Å². The normalized spacial score (nSPS) is 19.0. The third-order valence-electron chi connectivity index (χ3n) is 4.64. The third kappa shape index (κ3) is 7.24. The highest BCUT2D eigenvalue weighted by Crippen LogP contribution is 2.26. The van der Waals surface area contributed by atoms with E-state index in [1.165, 1.54) is 12.8 Å². The SMILES string of the molecule is CCOc1ccccc1OCCCC(=O)NC(C)CN1CCCC(C)C1. The summed E-state index contributed by atoms with van der Waals surface area (Å²) in [6, 6.07) is 7.83. The molecule has 0 saturated carbocycles. The number of carbonyl (C=O) groups excluding carboxylic acids is 1. The van der Waals surface area contributed by atoms with Crippen molar-refractivity contribution in [2.24, 2.45) is 5.92 Å². The van der Waals surface area contributed by atoms with Crippen molar-refractivity contribution in [2.45, 2.75) is 52.5 Å². The summed E-state index contributed by atoms with van der Waals surface area (Å²) in [6.07, 6.45) is 3.77. The third-order valence-corrected chi connectivity index (χ3v) is 4.64. The van der Waals surface area contributed by atoms with Gasteiger partial charge in [0.05, 0.1) is 13.2 Å². The molecule has 0 spiro atoms. The van der Waals surface area contributed by atoms with Crippen LogP contribution < -0.4 is 14.8 Å². The van der Waals surface area contributed by atoms with Gasteiger partial charge >= 0.3 is 0 Å². The maximum atomic E-state index is 12.1. The summed E-state index contributed by atoms with van der Waals surface area (Å²) < 4.78 is 11.3. The fourth-order valence-electron chi connectivity index (χ4n) is 3.49. The standard InChI is InChI=1S/C21H34N2O3/c1-4-25-19-10-5-6-11-20(19)26-14-8-12-21(24)22-18(3)16-23-13-7-9-17(2)15-23/h5-6,10-11,17-18H,4,7-9,12-16H2,1-3H3,(H,22,24). The molecule has 2 unspecified atom stereocenters. The summed E-state index contributed by atoms with van der Waals surface area (Å²) in [5.41, 5.74) is 0. The Morgan fingerprint density at radius 2 is 2.04 bits per heavy atom. The summed E-state index contributed by atoms with van der Waals surface area (Å²) in [7, 11) is 0. The predicted octanol–water partition coefficient (Wildman–Crippen LogP) is 3.48. The van der Waals surface area contributed by atoms with Crippen LogP contribution in [0.5, 0.6) is 11.5 Å². The van der Waals surface area contributed by atoms with Gasteiger partial charge in [0, 0.05) is 25.6 Å². The number of nitrogens with zero attached hydrogens (tertiary/aromatic N) is 1. The van der Waals surface area contributed by atoms with Gasteiger partial charge in [0.2, 0.25) is 5.91 Å². The number of nitrogens with one attached hydrogen (secondary N) is 1. The van der Waals surface area contributed by atoms with E-state index in [2.05, 4.69) is 24.1 Å². The maximum absolute atomic E-state index is 12.1. The van der Waals surface area contributed by atoms with Gasteiger partial charge in [-0.15, -0.1) is 0 Å². The molecule has 1 heterocycles. The molecule has 2 atom stereocenters. The van der Waals surface area contributed by atoms with Gasteiger partial charge in [0.25, 0.3) is 0 Å². The molecule has 1 amide bonds. The van der Waals surface area contributed by atoms with Gasteiger partial charge in [0.15, 0.2) is 11.5 Å². The van der Waals surface area contributed by atoms with Crippen LogP contribution in [0.3, 0.4) is 0 Å². The average molecular weight is 363 g/mol. The predicted molar refractivity (Wildman–Crippen MR) is 105 cm³/mol. The quantitative estimate of drug-likeness (QED) is 0.648. The number of hydrogen-bond donors (Lipinski definition) is 1. The Hall–Kier alpha value is -1.75. The van der Waals surface area contributed by atoms with Crippen molar-refractivity contribution in [3.63, 3.8) is 0 Å². The Morgan fingerprint density at radius 1 is 1.31 bits per heavy atom. The van der Waals surface area contributed by atoms with E-state index >= 15 is 0 Å². The molecule has 0 radical (unpaired) electrons. The lowest BCUT2D eigenvalue weighted by molar-refractivity contribution is -0.122. The van der Waals surface area contributed by atoms with E-state index in [0.717, 1.165) is 37.1 Å². The van der Waals surface area contributed by atoms with Gasteiger partial charge in [0.1, 0.15) is 0 Å². The molecule has 1 saturated heterocycles. The molecule has 1 fully saturated rings. The number of para-hydroxylation sites is 2. The van der Waals surface area contributed by atoms with E-state index in [1.54, 1.807) is 0 Å². The van der Waals surface area contributed by atoms with Crippen LogP contribution in [0.25, 0.3) is 0 Å². The Morgan fingerprint density at radius 3 is 2.73 bits per heavy atom. The molecule has 0 aliphatic carbocycles. The molecule has 1 N–H and O–H groups in total. The number of hydrogen-bond acceptors (Lipinski definition) is 4. The second-order valence-corrected chi connectivity index (χ2v) is 7.31. The smallest absolute Gasteiger partial charge is 0.220 e. The van der Waals surface area contributed by atoms with Gasteiger partial charge in [-0.3, -0.25) is 4.79 Å². The lowest BCUT2D eigenvalue weighted by atomic mass is 10.00. The topological polar surface area (TPSA) is 50.8 Å². The zero-order valence-electron chi connectivity index (χ0n) is 16.5. The fraction of sp³-hybridized carbons (Fsp3) is 0.667. The van der Waals surface area contributed by atoms with Crippen LogP contribution in [-0.2, 0) is 4.79 Å². The summed E-state index contributed by atoms with van der Waals surface area (Å²) in [4.78, 5) is 14.6. The summed E-state index contributed by atoms with van der Waals surface area (Å²) in [5.74, 6) is 2.36. The monoisotopic (exact) mass is 362 g/mol. The van der Waals surface area contributed by atoms with Crippen molar-refractivity contribution >= 4 is 5.91 Å². The minimum atomic E-state index is 0.101. The molecule has 146 valence electrons. The Balaban J connectivity index is 1.62.